The number of aliphatic hydroxyl groups excluding tert-OH is 2. The number of aliphatic hydroxyl groups is 2. The fourth-order valence-electron chi connectivity index (χ4n) is 1.22. The molecule has 0 bridgehead atoms. The Morgan fingerprint density at radius 2 is 2.25 bits per heavy atom. The van der Waals surface area contributed by atoms with Crippen LogP contribution in [0.5, 0.6) is 5.75 Å². The molecule has 16 heavy (non-hydrogen) atoms. The predicted octanol–water partition coefficient (Wildman–Crippen LogP) is 2.04. The Hall–Kier alpha value is -0.230. The fraction of sp³-hybridized carbons (Fsp3) is 0.455. The lowest BCUT2D eigenvalue weighted by atomic mass is 10.2. The van der Waals surface area contributed by atoms with Gasteiger partial charge in [-0.2, -0.15) is 11.8 Å². The minimum atomic E-state index is -0.650. The van der Waals surface area contributed by atoms with Gasteiger partial charge in [0.1, 0.15) is 5.75 Å². The summed E-state index contributed by atoms with van der Waals surface area (Å²) in [6.07, 6.45) is -0.650. The number of thioether (sulfide) groups is 1. The number of benzene rings is 1. The average molecular weight is 307 g/mol. The standard InChI is InChI=1S/C11H15BrO3S/c1-15-11-3-2-9(12)4-8(11)6-16-7-10(14)5-13/h2-4,10,13-14H,5-7H2,1H3. The van der Waals surface area contributed by atoms with Crippen molar-refractivity contribution in [3.05, 3.63) is 28.2 Å². The van der Waals surface area contributed by atoms with Crippen LogP contribution < -0.4 is 4.74 Å². The first-order valence-electron chi connectivity index (χ1n) is 4.86. The van der Waals surface area contributed by atoms with E-state index in [4.69, 9.17) is 9.84 Å². The van der Waals surface area contributed by atoms with Crippen LogP contribution in [-0.2, 0) is 5.75 Å². The van der Waals surface area contributed by atoms with E-state index in [9.17, 15) is 5.11 Å². The number of ether oxygens (including phenoxy) is 1. The van der Waals surface area contributed by atoms with E-state index in [0.29, 0.717) is 5.75 Å². The van der Waals surface area contributed by atoms with E-state index in [2.05, 4.69) is 15.9 Å². The first-order valence-corrected chi connectivity index (χ1v) is 6.81. The summed E-state index contributed by atoms with van der Waals surface area (Å²) in [5.41, 5.74) is 1.08. The lowest BCUT2D eigenvalue weighted by Gasteiger charge is -2.10. The van der Waals surface area contributed by atoms with Crippen LogP contribution in [0.15, 0.2) is 22.7 Å². The molecule has 0 aliphatic carbocycles. The van der Waals surface area contributed by atoms with E-state index in [0.717, 1.165) is 21.5 Å². The van der Waals surface area contributed by atoms with Crippen molar-refractivity contribution in [1.82, 2.24) is 0 Å². The molecule has 0 aromatic heterocycles. The maximum Gasteiger partial charge on any atom is 0.122 e. The second-order valence-electron chi connectivity index (χ2n) is 3.31. The summed E-state index contributed by atoms with van der Waals surface area (Å²) >= 11 is 4.97. The van der Waals surface area contributed by atoms with Crippen LogP contribution in [0.2, 0.25) is 0 Å². The first-order chi connectivity index (χ1) is 7.67. The Balaban J connectivity index is 2.55. The van der Waals surface area contributed by atoms with Crippen molar-refractivity contribution in [1.29, 1.82) is 0 Å². The average Bonchev–Trinajstić information content (AvgIpc) is 2.29. The van der Waals surface area contributed by atoms with Gasteiger partial charge in [-0.3, -0.25) is 0 Å². The molecule has 0 radical (unpaired) electrons. The van der Waals surface area contributed by atoms with Crippen molar-refractivity contribution in [3.8, 4) is 5.75 Å². The van der Waals surface area contributed by atoms with Gasteiger partial charge in [-0.1, -0.05) is 15.9 Å². The first kappa shape index (κ1) is 13.8. The fourth-order valence-corrected chi connectivity index (χ4v) is 2.57. The molecule has 1 unspecified atom stereocenters. The van der Waals surface area contributed by atoms with E-state index in [1.165, 1.54) is 0 Å². The van der Waals surface area contributed by atoms with Crippen molar-refractivity contribution in [2.45, 2.75) is 11.9 Å². The molecule has 0 aliphatic heterocycles. The number of hydrogen-bond acceptors (Lipinski definition) is 4. The second-order valence-corrected chi connectivity index (χ2v) is 5.25. The van der Waals surface area contributed by atoms with E-state index in [1.54, 1.807) is 18.9 Å². The summed E-state index contributed by atoms with van der Waals surface area (Å²) in [5, 5.41) is 17.9. The lowest BCUT2D eigenvalue weighted by molar-refractivity contribution is 0.113. The van der Waals surface area contributed by atoms with Gasteiger partial charge >= 0.3 is 0 Å². The molecule has 1 aromatic rings. The van der Waals surface area contributed by atoms with E-state index in [1.807, 2.05) is 18.2 Å². The molecule has 0 saturated heterocycles. The number of hydrogen-bond donors (Lipinski definition) is 2. The third kappa shape index (κ3) is 4.33. The van der Waals surface area contributed by atoms with Crippen molar-refractivity contribution in [3.63, 3.8) is 0 Å². The van der Waals surface area contributed by atoms with Gasteiger partial charge in [0.05, 0.1) is 19.8 Å². The molecule has 0 amide bonds. The molecule has 1 atom stereocenters. The topological polar surface area (TPSA) is 49.7 Å². The Morgan fingerprint density at radius 3 is 2.88 bits per heavy atom. The van der Waals surface area contributed by atoms with Crippen LogP contribution in [0.3, 0.4) is 0 Å². The summed E-state index contributed by atoms with van der Waals surface area (Å²) in [5.74, 6) is 2.11. The third-order valence-electron chi connectivity index (χ3n) is 2.02. The number of halogens is 1. The predicted molar refractivity (Wildman–Crippen MR) is 69.9 cm³/mol. The van der Waals surface area contributed by atoms with Crippen molar-refractivity contribution in [2.75, 3.05) is 19.5 Å². The van der Waals surface area contributed by atoms with Crippen molar-refractivity contribution < 1.29 is 14.9 Å². The summed E-state index contributed by atoms with van der Waals surface area (Å²) in [4.78, 5) is 0. The minimum absolute atomic E-state index is 0.192. The van der Waals surface area contributed by atoms with Gasteiger partial charge in [-0.25, -0.2) is 0 Å². The molecule has 90 valence electrons. The van der Waals surface area contributed by atoms with Crippen LogP contribution in [0.1, 0.15) is 5.56 Å². The maximum atomic E-state index is 9.21. The molecule has 1 rings (SSSR count). The van der Waals surface area contributed by atoms with E-state index < -0.39 is 6.10 Å². The highest BCUT2D eigenvalue weighted by Gasteiger charge is 2.06. The van der Waals surface area contributed by atoms with Crippen LogP contribution in [0.4, 0.5) is 0 Å². The van der Waals surface area contributed by atoms with Gasteiger partial charge in [-0.05, 0) is 18.2 Å². The zero-order valence-electron chi connectivity index (χ0n) is 9.02. The van der Waals surface area contributed by atoms with Crippen molar-refractivity contribution in [2.24, 2.45) is 0 Å². The number of rotatable bonds is 6. The highest BCUT2D eigenvalue weighted by molar-refractivity contribution is 9.10. The minimum Gasteiger partial charge on any atom is -0.496 e. The van der Waals surface area contributed by atoms with Crippen LogP contribution in [0, 0.1) is 0 Å². The summed E-state index contributed by atoms with van der Waals surface area (Å²) in [6, 6.07) is 5.83. The normalized spacial score (nSPS) is 12.5. The van der Waals surface area contributed by atoms with Gasteiger partial charge < -0.3 is 14.9 Å². The van der Waals surface area contributed by atoms with Crippen LogP contribution in [-0.4, -0.2) is 35.8 Å². The SMILES string of the molecule is COc1ccc(Br)cc1CSCC(O)CO. The molecule has 0 heterocycles. The van der Waals surface area contributed by atoms with Gasteiger partial charge in [0, 0.05) is 21.5 Å². The summed E-state index contributed by atoms with van der Waals surface area (Å²) in [7, 11) is 1.64. The zero-order chi connectivity index (χ0) is 12.0. The molecule has 0 fully saturated rings. The number of methoxy groups -OCH3 is 1. The monoisotopic (exact) mass is 306 g/mol. The maximum absolute atomic E-state index is 9.21. The molecule has 0 saturated carbocycles. The van der Waals surface area contributed by atoms with E-state index in [-0.39, 0.29) is 6.61 Å². The molecular formula is C11H15BrO3S. The van der Waals surface area contributed by atoms with Crippen LogP contribution in [0.25, 0.3) is 0 Å². The van der Waals surface area contributed by atoms with Gasteiger partial charge in [0.2, 0.25) is 0 Å². The molecule has 3 nitrogen and oxygen atoms in total. The Bertz CT molecular complexity index is 333. The summed E-state index contributed by atoms with van der Waals surface area (Å²) < 4.78 is 6.24. The molecule has 2 N–H and O–H groups in total. The molecular weight excluding hydrogens is 292 g/mol. The third-order valence-corrected chi connectivity index (χ3v) is 3.65. The lowest BCUT2D eigenvalue weighted by Crippen LogP contribution is -2.14. The largest absolute Gasteiger partial charge is 0.496 e. The Kier molecular flexibility index (Phi) is 6.20. The highest BCUT2D eigenvalue weighted by Crippen LogP contribution is 2.26. The molecule has 0 spiro atoms. The molecule has 0 aliphatic rings. The highest BCUT2D eigenvalue weighted by atomic mass is 79.9. The van der Waals surface area contributed by atoms with Gasteiger partial charge in [0.25, 0.3) is 0 Å². The Morgan fingerprint density at radius 1 is 1.50 bits per heavy atom. The molecule has 5 heteroatoms. The smallest absolute Gasteiger partial charge is 0.122 e. The second kappa shape index (κ2) is 7.17. The zero-order valence-corrected chi connectivity index (χ0v) is 11.4. The summed E-state index contributed by atoms with van der Waals surface area (Å²) in [6.45, 7) is -0.192. The Labute approximate surface area is 108 Å². The van der Waals surface area contributed by atoms with Crippen LogP contribution >= 0.6 is 27.7 Å². The molecule has 1 aromatic carbocycles. The quantitative estimate of drug-likeness (QED) is 0.844. The van der Waals surface area contributed by atoms with E-state index >= 15 is 0 Å². The van der Waals surface area contributed by atoms with Crippen molar-refractivity contribution >= 4 is 27.7 Å². The van der Waals surface area contributed by atoms with Gasteiger partial charge in [0.15, 0.2) is 0 Å². The van der Waals surface area contributed by atoms with Gasteiger partial charge in [-0.15, -0.1) is 0 Å².